The van der Waals surface area contributed by atoms with Crippen molar-refractivity contribution in [1.82, 2.24) is 0 Å². The number of ketones is 1. The SMILES string of the molecule is COc1ccc(C(=O)COC(=O)c2cc(=O)c3cc(C)ccc3o2)cc1F. The normalized spacial score (nSPS) is 10.6. The van der Waals surface area contributed by atoms with Crippen molar-refractivity contribution < 1.29 is 27.9 Å². The maximum absolute atomic E-state index is 13.7. The van der Waals surface area contributed by atoms with E-state index >= 15 is 0 Å². The third-order valence-corrected chi connectivity index (χ3v) is 3.89. The highest BCUT2D eigenvalue weighted by atomic mass is 19.1. The number of hydrogen-bond donors (Lipinski definition) is 0. The number of rotatable bonds is 5. The summed E-state index contributed by atoms with van der Waals surface area (Å²) in [6.45, 7) is 1.20. The molecule has 0 saturated carbocycles. The Morgan fingerprint density at radius 1 is 1.11 bits per heavy atom. The van der Waals surface area contributed by atoms with E-state index in [2.05, 4.69) is 0 Å². The average molecular weight is 370 g/mol. The number of fused-ring (bicyclic) bond motifs is 1. The molecule has 0 aliphatic heterocycles. The maximum atomic E-state index is 13.7. The van der Waals surface area contributed by atoms with Crippen LogP contribution in [0.5, 0.6) is 5.75 Å². The van der Waals surface area contributed by atoms with E-state index in [1.165, 1.54) is 19.2 Å². The van der Waals surface area contributed by atoms with Gasteiger partial charge in [0.15, 0.2) is 29.4 Å². The lowest BCUT2D eigenvalue weighted by molar-refractivity contribution is 0.0444. The molecule has 0 radical (unpaired) electrons. The molecule has 0 N–H and O–H groups in total. The summed E-state index contributed by atoms with van der Waals surface area (Å²) in [5.74, 6) is -2.59. The van der Waals surface area contributed by atoms with Gasteiger partial charge in [-0.05, 0) is 37.3 Å². The van der Waals surface area contributed by atoms with E-state index < -0.39 is 29.6 Å². The minimum absolute atomic E-state index is 0.00304. The number of halogens is 1. The van der Waals surface area contributed by atoms with Crippen LogP contribution < -0.4 is 10.2 Å². The summed E-state index contributed by atoms with van der Waals surface area (Å²) in [4.78, 5) is 36.3. The first kappa shape index (κ1) is 18.3. The zero-order valence-electron chi connectivity index (χ0n) is 14.6. The molecule has 6 nitrogen and oxygen atoms in total. The van der Waals surface area contributed by atoms with Crippen LogP contribution in [0.4, 0.5) is 4.39 Å². The van der Waals surface area contributed by atoms with Gasteiger partial charge in [0.25, 0.3) is 0 Å². The molecule has 2 aromatic carbocycles. The van der Waals surface area contributed by atoms with Crippen LogP contribution in [-0.2, 0) is 4.74 Å². The fourth-order valence-corrected chi connectivity index (χ4v) is 2.50. The highest BCUT2D eigenvalue weighted by molar-refractivity contribution is 5.99. The summed E-state index contributed by atoms with van der Waals surface area (Å²) in [7, 11) is 1.31. The topological polar surface area (TPSA) is 82.8 Å². The molecule has 27 heavy (non-hydrogen) atoms. The van der Waals surface area contributed by atoms with Crippen LogP contribution in [-0.4, -0.2) is 25.5 Å². The second-order valence-electron chi connectivity index (χ2n) is 5.82. The van der Waals surface area contributed by atoms with Gasteiger partial charge in [0, 0.05) is 11.6 Å². The minimum atomic E-state index is -0.961. The van der Waals surface area contributed by atoms with E-state index in [0.717, 1.165) is 17.7 Å². The molecule has 0 aliphatic rings. The number of ether oxygens (including phenoxy) is 2. The summed E-state index contributed by atoms with van der Waals surface area (Å²) in [6.07, 6.45) is 0. The molecule has 1 heterocycles. The molecule has 0 saturated heterocycles. The summed E-state index contributed by atoms with van der Waals surface area (Å²) in [5, 5.41) is 0.344. The molecule has 0 bridgehead atoms. The van der Waals surface area contributed by atoms with E-state index in [4.69, 9.17) is 13.9 Å². The van der Waals surface area contributed by atoms with Crippen LogP contribution in [0.25, 0.3) is 11.0 Å². The highest BCUT2D eigenvalue weighted by Crippen LogP contribution is 2.18. The maximum Gasteiger partial charge on any atom is 0.374 e. The summed E-state index contributed by atoms with van der Waals surface area (Å²) in [5.41, 5.74) is 0.748. The monoisotopic (exact) mass is 370 g/mol. The van der Waals surface area contributed by atoms with Gasteiger partial charge in [-0.25, -0.2) is 9.18 Å². The van der Waals surface area contributed by atoms with Gasteiger partial charge in [-0.1, -0.05) is 11.6 Å². The van der Waals surface area contributed by atoms with Crippen LogP contribution in [0.3, 0.4) is 0 Å². The van der Waals surface area contributed by atoms with Crippen molar-refractivity contribution in [2.45, 2.75) is 6.92 Å². The Bertz CT molecular complexity index is 1100. The lowest BCUT2D eigenvalue weighted by atomic mass is 10.1. The molecule has 0 unspecified atom stereocenters. The summed E-state index contributed by atoms with van der Waals surface area (Å²) >= 11 is 0. The Kier molecular flexibility index (Phi) is 5.03. The van der Waals surface area contributed by atoms with Gasteiger partial charge in [-0.15, -0.1) is 0 Å². The number of aryl methyl sites for hydroxylation is 1. The third-order valence-electron chi connectivity index (χ3n) is 3.89. The van der Waals surface area contributed by atoms with Crippen LogP contribution >= 0.6 is 0 Å². The number of esters is 1. The predicted octanol–water partition coefficient (Wildman–Crippen LogP) is 3.29. The Labute approximate surface area is 153 Å². The van der Waals surface area contributed by atoms with Crippen molar-refractivity contribution in [1.29, 1.82) is 0 Å². The molecule has 0 atom stereocenters. The standard InChI is InChI=1S/C20H15FO6/c1-11-3-5-17-13(7-11)15(22)9-19(27-17)20(24)26-10-16(23)12-4-6-18(25-2)14(21)8-12/h3-9H,10H2,1-2H3. The first-order valence-electron chi connectivity index (χ1n) is 7.97. The minimum Gasteiger partial charge on any atom is -0.494 e. The lowest BCUT2D eigenvalue weighted by Gasteiger charge is -2.06. The molecular weight excluding hydrogens is 355 g/mol. The van der Waals surface area contributed by atoms with E-state index in [9.17, 15) is 18.8 Å². The number of methoxy groups -OCH3 is 1. The number of carbonyl (C=O) groups excluding carboxylic acids is 2. The highest BCUT2D eigenvalue weighted by Gasteiger charge is 2.17. The third kappa shape index (κ3) is 3.87. The van der Waals surface area contributed by atoms with Gasteiger partial charge in [-0.3, -0.25) is 9.59 Å². The molecule has 0 amide bonds. The fourth-order valence-electron chi connectivity index (χ4n) is 2.50. The Balaban J connectivity index is 1.75. The van der Waals surface area contributed by atoms with Crippen molar-refractivity contribution in [3.63, 3.8) is 0 Å². The van der Waals surface area contributed by atoms with Gasteiger partial charge < -0.3 is 13.9 Å². The second kappa shape index (κ2) is 7.41. The van der Waals surface area contributed by atoms with Gasteiger partial charge in [0.2, 0.25) is 5.76 Å². The molecule has 0 spiro atoms. The Morgan fingerprint density at radius 2 is 1.89 bits per heavy atom. The van der Waals surface area contributed by atoms with Gasteiger partial charge in [-0.2, -0.15) is 0 Å². The fraction of sp³-hybridized carbons (Fsp3) is 0.150. The quantitative estimate of drug-likeness (QED) is 0.506. The molecule has 3 rings (SSSR count). The number of benzene rings is 2. The van der Waals surface area contributed by atoms with Gasteiger partial charge >= 0.3 is 5.97 Å². The van der Waals surface area contributed by atoms with Crippen molar-refractivity contribution >= 4 is 22.7 Å². The van der Waals surface area contributed by atoms with Crippen molar-refractivity contribution in [3.8, 4) is 5.75 Å². The van der Waals surface area contributed by atoms with Gasteiger partial charge in [0.1, 0.15) is 5.58 Å². The largest absolute Gasteiger partial charge is 0.494 e. The van der Waals surface area contributed by atoms with Crippen LogP contribution in [0.15, 0.2) is 51.7 Å². The smallest absolute Gasteiger partial charge is 0.374 e. The molecule has 0 fully saturated rings. The first-order chi connectivity index (χ1) is 12.9. The molecule has 138 valence electrons. The van der Waals surface area contributed by atoms with Crippen molar-refractivity contribution in [2.24, 2.45) is 0 Å². The number of carbonyl (C=O) groups is 2. The molecule has 0 aliphatic carbocycles. The van der Waals surface area contributed by atoms with Crippen LogP contribution in [0.1, 0.15) is 26.5 Å². The predicted molar refractivity (Wildman–Crippen MR) is 94.8 cm³/mol. The average Bonchev–Trinajstić information content (AvgIpc) is 2.66. The molecule has 7 heteroatoms. The zero-order chi connectivity index (χ0) is 19.6. The molecule has 1 aromatic heterocycles. The van der Waals surface area contributed by atoms with Crippen LogP contribution in [0.2, 0.25) is 0 Å². The first-order valence-corrected chi connectivity index (χ1v) is 7.97. The van der Waals surface area contributed by atoms with Gasteiger partial charge in [0.05, 0.1) is 12.5 Å². The Morgan fingerprint density at radius 3 is 2.59 bits per heavy atom. The number of Topliss-reactive ketones (excluding diaryl/α,β-unsaturated/α-hetero) is 1. The van der Waals surface area contributed by atoms with Crippen molar-refractivity contribution in [2.75, 3.05) is 13.7 Å². The summed E-state index contributed by atoms with van der Waals surface area (Å²) in [6, 6.07) is 9.63. The molecular formula is C20H15FO6. The number of hydrogen-bond acceptors (Lipinski definition) is 6. The Hall–Kier alpha value is -3.48. The summed E-state index contributed by atoms with van der Waals surface area (Å²) < 4.78 is 28.7. The zero-order valence-corrected chi connectivity index (χ0v) is 14.6. The van der Waals surface area contributed by atoms with Crippen LogP contribution in [0, 0.1) is 12.7 Å². The van der Waals surface area contributed by atoms with E-state index in [0.29, 0.717) is 5.39 Å². The van der Waals surface area contributed by atoms with Crippen molar-refractivity contribution in [3.05, 3.63) is 75.4 Å². The lowest BCUT2D eigenvalue weighted by Crippen LogP contribution is -2.16. The van der Waals surface area contributed by atoms with E-state index in [-0.39, 0.29) is 22.7 Å². The van der Waals surface area contributed by atoms with E-state index in [1.54, 1.807) is 18.2 Å². The second-order valence-corrected chi connectivity index (χ2v) is 5.82. The molecule has 3 aromatic rings. The van der Waals surface area contributed by atoms with E-state index in [1.807, 2.05) is 6.92 Å².